The first-order valence-corrected chi connectivity index (χ1v) is 11.0. The van der Waals surface area contributed by atoms with Crippen LogP contribution in [0.1, 0.15) is 46.0 Å². The molecule has 160 valence electrons. The van der Waals surface area contributed by atoms with Gasteiger partial charge >= 0.3 is 6.03 Å². The van der Waals surface area contributed by atoms with Crippen LogP contribution in [0.15, 0.2) is 24.3 Å². The summed E-state index contributed by atoms with van der Waals surface area (Å²) in [4.78, 5) is 28.3. The van der Waals surface area contributed by atoms with Crippen molar-refractivity contribution in [3.05, 3.63) is 24.3 Å². The van der Waals surface area contributed by atoms with Crippen molar-refractivity contribution in [2.24, 2.45) is 0 Å². The molecule has 3 amide bonds. The highest BCUT2D eigenvalue weighted by atomic mass is 16.5. The molecule has 1 saturated heterocycles. The Morgan fingerprint density at radius 3 is 2.55 bits per heavy atom. The molecule has 0 spiro atoms. The number of anilines is 1. The lowest BCUT2D eigenvalue weighted by Crippen LogP contribution is -3.19. The lowest BCUT2D eigenvalue weighted by Gasteiger charge is -2.36. The fourth-order valence-electron chi connectivity index (χ4n) is 4.34. The van der Waals surface area contributed by atoms with Crippen LogP contribution in [-0.2, 0) is 4.79 Å². The molecule has 1 saturated carbocycles. The average Bonchev–Trinajstić information content (AvgIpc) is 2.74. The molecule has 7 heteroatoms. The number of imide groups is 1. The number of para-hydroxylation sites is 2. The zero-order chi connectivity index (χ0) is 20.6. The summed E-state index contributed by atoms with van der Waals surface area (Å²) in [7, 11) is 0. The molecule has 1 aromatic carbocycles. The Balaban J connectivity index is 1.47. The van der Waals surface area contributed by atoms with Crippen LogP contribution >= 0.6 is 0 Å². The largest absolute Gasteiger partial charge is 0.492 e. The number of piperazine rings is 1. The van der Waals surface area contributed by atoms with E-state index in [-0.39, 0.29) is 24.0 Å². The minimum Gasteiger partial charge on any atom is -0.492 e. The summed E-state index contributed by atoms with van der Waals surface area (Å²) >= 11 is 0. The van der Waals surface area contributed by atoms with Crippen LogP contribution in [0.3, 0.4) is 0 Å². The summed E-state index contributed by atoms with van der Waals surface area (Å²) in [6, 6.07) is 7.70. The van der Waals surface area contributed by atoms with Gasteiger partial charge in [-0.3, -0.25) is 10.1 Å². The number of carbonyl (C=O) groups excluding carboxylic acids is 2. The third-order valence-electron chi connectivity index (χ3n) is 6.09. The van der Waals surface area contributed by atoms with E-state index in [9.17, 15) is 9.59 Å². The molecular weight excluding hydrogens is 368 g/mol. The van der Waals surface area contributed by atoms with E-state index in [1.807, 2.05) is 32.0 Å². The molecule has 1 heterocycles. The van der Waals surface area contributed by atoms with Gasteiger partial charge in [-0.25, -0.2) is 4.79 Å². The number of hydrogen-bond acceptors (Lipinski definition) is 4. The fourth-order valence-corrected chi connectivity index (χ4v) is 4.34. The van der Waals surface area contributed by atoms with Crippen molar-refractivity contribution in [1.82, 2.24) is 10.6 Å². The molecule has 0 aromatic heterocycles. The summed E-state index contributed by atoms with van der Waals surface area (Å²) < 4.78 is 5.75. The molecule has 0 unspecified atom stereocenters. The van der Waals surface area contributed by atoms with Crippen LogP contribution in [0.25, 0.3) is 0 Å². The number of quaternary nitrogens is 1. The molecule has 0 bridgehead atoms. The summed E-state index contributed by atoms with van der Waals surface area (Å²) in [5, 5.41) is 5.50. The van der Waals surface area contributed by atoms with E-state index in [0.29, 0.717) is 6.61 Å². The van der Waals surface area contributed by atoms with Crippen LogP contribution < -0.4 is 25.2 Å². The van der Waals surface area contributed by atoms with E-state index in [4.69, 9.17) is 4.74 Å². The number of benzene rings is 1. The van der Waals surface area contributed by atoms with E-state index in [0.717, 1.165) is 63.3 Å². The van der Waals surface area contributed by atoms with Crippen molar-refractivity contribution in [1.29, 1.82) is 0 Å². The van der Waals surface area contributed by atoms with Gasteiger partial charge in [0.25, 0.3) is 5.91 Å². The van der Waals surface area contributed by atoms with Gasteiger partial charge in [0.15, 0.2) is 6.04 Å². The van der Waals surface area contributed by atoms with Gasteiger partial charge in [-0.2, -0.15) is 0 Å². The lowest BCUT2D eigenvalue weighted by atomic mass is 9.96. The third kappa shape index (κ3) is 5.85. The van der Waals surface area contributed by atoms with E-state index < -0.39 is 0 Å². The molecule has 3 N–H and O–H groups in total. The van der Waals surface area contributed by atoms with Gasteiger partial charge in [0.2, 0.25) is 0 Å². The molecule has 0 radical (unpaired) electrons. The fraction of sp³-hybridized carbons (Fsp3) is 0.636. The second-order valence-electron chi connectivity index (χ2n) is 8.07. The van der Waals surface area contributed by atoms with Crippen molar-refractivity contribution in [2.45, 2.75) is 58.0 Å². The van der Waals surface area contributed by atoms with Crippen molar-refractivity contribution in [3.63, 3.8) is 0 Å². The predicted octanol–water partition coefficient (Wildman–Crippen LogP) is 1.34. The van der Waals surface area contributed by atoms with E-state index in [2.05, 4.69) is 21.6 Å². The van der Waals surface area contributed by atoms with Gasteiger partial charge in [-0.1, -0.05) is 31.4 Å². The van der Waals surface area contributed by atoms with Crippen LogP contribution in [0, 0.1) is 0 Å². The number of nitrogens with zero attached hydrogens (tertiary/aromatic N) is 1. The normalized spacial score (nSPS) is 19.4. The van der Waals surface area contributed by atoms with Gasteiger partial charge in [0.1, 0.15) is 5.75 Å². The second-order valence-corrected chi connectivity index (χ2v) is 8.07. The zero-order valence-corrected chi connectivity index (χ0v) is 17.7. The Kier molecular flexibility index (Phi) is 7.75. The zero-order valence-electron chi connectivity index (χ0n) is 17.7. The van der Waals surface area contributed by atoms with Crippen molar-refractivity contribution in [2.75, 3.05) is 37.7 Å². The molecule has 29 heavy (non-hydrogen) atoms. The van der Waals surface area contributed by atoms with Crippen LogP contribution in [0.5, 0.6) is 5.75 Å². The maximum Gasteiger partial charge on any atom is 0.321 e. The van der Waals surface area contributed by atoms with Gasteiger partial charge < -0.3 is 19.9 Å². The van der Waals surface area contributed by atoms with E-state index in [1.165, 1.54) is 11.3 Å². The number of nitrogens with one attached hydrogen (secondary N) is 3. The second kappa shape index (κ2) is 10.5. The predicted molar refractivity (Wildman–Crippen MR) is 114 cm³/mol. The number of hydrogen-bond donors (Lipinski definition) is 3. The molecule has 1 aliphatic carbocycles. The monoisotopic (exact) mass is 403 g/mol. The highest BCUT2D eigenvalue weighted by Crippen LogP contribution is 2.27. The first-order chi connectivity index (χ1) is 14.1. The van der Waals surface area contributed by atoms with Crippen molar-refractivity contribution in [3.8, 4) is 5.75 Å². The quantitative estimate of drug-likeness (QED) is 0.670. The smallest absolute Gasteiger partial charge is 0.321 e. The maximum atomic E-state index is 12.6. The number of amides is 3. The first kappa shape index (κ1) is 21.4. The molecule has 3 rings (SSSR count). The minimum atomic E-state index is -0.350. The number of ether oxygens (including phenoxy) is 1. The summed E-state index contributed by atoms with van der Waals surface area (Å²) in [5.41, 5.74) is 1.11. The van der Waals surface area contributed by atoms with E-state index in [1.54, 1.807) is 0 Å². The minimum absolute atomic E-state index is 0.198. The summed E-state index contributed by atoms with van der Waals surface area (Å²) in [5.74, 6) is 0.708. The number of rotatable bonds is 6. The number of urea groups is 1. The van der Waals surface area contributed by atoms with Gasteiger partial charge in [0.05, 0.1) is 38.5 Å². The Hall–Kier alpha value is -2.28. The Labute approximate surface area is 173 Å². The Morgan fingerprint density at radius 2 is 1.86 bits per heavy atom. The summed E-state index contributed by atoms with van der Waals surface area (Å²) in [6.07, 6.45) is 5.55. The SMILES string of the molecule is CCOc1ccccc1N1CC[NH+]([C@H](C)C(=O)NC(=O)NC2CCCCC2)CC1. The standard InChI is InChI=1S/C22H34N4O3/c1-3-29-20-12-8-7-11-19(20)26-15-13-25(14-16-26)17(2)21(27)24-22(28)23-18-9-5-4-6-10-18/h7-8,11-12,17-18H,3-6,9-10,13-16H2,1-2H3,(H2,23,24,27,28)/p+1/t17-/m1/s1. The number of carbonyl (C=O) groups is 2. The van der Waals surface area contributed by atoms with Crippen LogP contribution in [-0.4, -0.2) is 56.8 Å². The molecule has 1 atom stereocenters. The molecule has 1 aromatic rings. The van der Waals surface area contributed by atoms with Gasteiger partial charge in [0, 0.05) is 6.04 Å². The van der Waals surface area contributed by atoms with E-state index >= 15 is 0 Å². The van der Waals surface area contributed by atoms with Crippen molar-refractivity contribution >= 4 is 17.6 Å². The highest BCUT2D eigenvalue weighted by Gasteiger charge is 2.31. The van der Waals surface area contributed by atoms with Gasteiger partial charge in [-0.05, 0) is 38.8 Å². The highest BCUT2D eigenvalue weighted by molar-refractivity contribution is 5.96. The first-order valence-electron chi connectivity index (χ1n) is 11.0. The molecule has 1 aliphatic heterocycles. The third-order valence-corrected chi connectivity index (χ3v) is 6.09. The Bertz CT molecular complexity index is 682. The molecule has 2 fully saturated rings. The lowest BCUT2D eigenvalue weighted by molar-refractivity contribution is -0.914. The van der Waals surface area contributed by atoms with Crippen LogP contribution in [0.2, 0.25) is 0 Å². The van der Waals surface area contributed by atoms with Crippen LogP contribution in [0.4, 0.5) is 10.5 Å². The van der Waals surface area contributed by atoms with Crippen molar-refractivity contribution < 1.29 is 19.2 Å². The molecule has 2 aliphatic rings. The van der Waals surface area contributed by atoms with Gasteiger partial charge in [-0.15, -0.1) is 0 Å². The molecular formula is C22H35N4O3+. The maximum absolute atomic E-state index is 12.6. The Morgan fingerprint density at radius 1 is 1.17 bits per heavy atom. The molecule has 7 nitrogen and oxygen atoms in total. The topological polar surface area (TPSA) is 75.1 Å². The summed E-state index contributed by atoms with van der Waals surface area (Å²) in [6.45, 7) is 7.93. The average molecular weight is 404 g/mol.